The molecule has 16 heavy (non-hydrogen) atoms. The molecule has 0 bridgehead atoms. The van der Waals surface area contributed by atoms with E-state index in [9.17, 15) is 18.0 Å². The molecule has 2 N–H and O–H groups in total. The second kappa shape index (κ2) is 4.98. The zero-order valence-corrected chi connectivity index (χ0v) is 8.51. The standard InChI is InChI=1S/C10H11F3N2O/c1-7(10(11,12)13)14-15-9(16)8-5-3-2-4-6-8/h2-7,14H,1H3,(H,15,16). The van der Waals surface area contributed by atoms with Crippen LogP contribution in [0.2, 0.25) is 0 Å². The molecule has 0 saturated heterocycles. The molecular formula is C10H11F3N2O. The molecular weight excluding hydrogens is 221 g/mol. The Morgan fingerprint density at radius 1 is 1.25 bits per heavy atom. The first-order chi connectivity index (χ1) is 7.41. The summed E-state index contributed by atoms with van der Waals surface area (Å²) in [4.78, 5) is 11.3. The zero-order valence-electron chi connectivity index (χ0n) is 8.51. The van der Waals surface area contributed by atoms with Gasteiger partial charge in [0.15, 0.2) is 0 Å². The summed E-state index contributed by atoms with van der Waals surface area (Å²) in [6, 6.07) is 6.19. The van der Waals surface area contributed by atoms with E-state index in [4.69, 9.17) is 0 Å². The highest BCUT2D eigenvalue weighted by Gasteiger charge is 2.36. The monoisotopic (exact) mass is 232 g/mol. The van der Waals surface area contributed by atoms with Crippen molar-refractivity contribution in [2.75, 3.05) is 0 Å². The van der Waals surface area contributed by atoms with Gasteiger partial charge >= 0.3 is 6.18 Å². The maximum absolute atomic E-state index is 12.1. The molecule has 6 heteroatoms. The van der Waals surface area contributed by atoms with Crippen molar-refractivity contribution in [3.63, 3.8) is 0 Å². The van der Waals surface area contributed by atoms with Crippen LogP contribution in [0.25, 0.3) is 0 Å². The van der Waals surface area contributed by atoms with Gasteiger partial charge in [-0.15, -0.1) is 0 Å². The van der Waals surface area contributed by atoms with E-state index in [1.54, 1.807) is 18.2 Å². The van der Waals surface area contributed by atoms with E-state index in [2.05, 4.69) is 0 Å². The second-order valence-corrected chi connectivity index (χ2v) is 3.23. The molecule has 0 saturated carbocycles. The number of hydrazine groups is 1. The lowest BCUT2D eigenvalue weighted by Crippen LogP contribution is -2.49. The molecule has 0 aliphatic carbocycles. The number of amides is 1. The summed E-state index contributed by atoms with van der Waals surface area (Å²) >= 11 is 0. The SMILES string of the molecule is CC(NNC(=O)c1ccccc1)C(F)(F)F. The maximum Gasteiger partial charge on any atom is 0.405 e. The first-order valence-corrected chi connectivity index (χ1v) is 4.59. The Morgan fingerprint density at radius 2 is 1.81 bits per heavy atom. The molecule has 88 valence electrons. The summed E-state index contributed by atoms with van der Waals surface area (Å²) < 4.78 is 36.3. The fourth-order valence-corrected chi connectivity index (χ4v) is 0.917. The summed E-state index contributed by atoms with van der Waals surface area (Å²) in [5.41, 5.74) is 4.19. The fourth-order valence-electron chi connectivity index (χ4n) is 0.917. The molecule has 0 heterocycles. The van der Waals surface area contributed by atoms with Crippen LogP contribution >= 0.6 is 0 Å². The zero-order chi connectivity index (χ0) is 12.2. The van der Waals surface area contributed by atoms with E-state index in [1.807, 2.05) is 10.9 Å². The lowest BCUT2D eigenvalue weighted by Gasteiger charge is -2.17. The minimum atomic E-state index is -4.38. The normalized spacial score (nSPS) is 13.2. The van der Waals surface area contributed by atoms with Crippen LogP contribution in [-0.4, -0.2) is 18.1 Å². The van der Waals surface area contributed by atoms with Crippen LogP contribution < -0.4 is 10.9 Å². The molecule has 0 aromatic heterocycles. The molecule has 1 aromatic rings. The number of nitrogens with one attached hydrogen (secondary N) is 2. The average molecular weight is 232 g/mol. The van der Waals surface area contributed by atoms with Gasteiger partial charge in [0.1, 0.15) is 6.04 Å². The topological polar surface area (TPSA) is 41.1 Å². The van der Waals surface area contributed by atoms with Gasteiger partial charge in [0.2, 0.25) is 0 Å². The predicted molar refractivity (Wildman–Crippen MR) is 52.6 cm³/mol. The van der Waals surface area contributed by atoms with E-state index in [1.165, 1.54) is 12.1 Å². The van der Waals surface area contributed by atoms with Crippen molar-refractivity contribution in [2.24, 2.45) is 0 Å². The number of halogens is 3. The van der Waals surface area contributed by atoms with Crippen LogP contribution in [0.3, 0.4) is 0 Å². The van der Waals surface area contributed by atoms with Gasteiger partial charge in [-0.25, -0.2) is 5.43 Å². The summed E-state index contributed by atoms with van der Waals surface area (Å²) in [5.74, 6) is -0.600. The number of hydrogen-bond acceptors (Lipinski definition) is 2. The molecule has 0 radical (unpaired) electrons. The fraction of sp³-hybridized carbons (Fsp3) is 0.300. The molecule has 0 spiro atoms. The number of rotatable bonds is 3. The van der Waals surface area contributed by atoms with Crippen LogP contribution in [0.5, 0.6) is 0 Å². The summed E-state index contributed by atoms with van der Waals surface area (Å²) in [6.45, 7) is 0.922. The molecule has 1 rings (SSSR count). The van der Waals surface area contributed by atoms with Crippen molar-refractivity contribution < 1.29 is 18.0 Å². The maximum atomic E-state index is 12.1. The lowest BCUT2D eigenvalue weighted by molar-refractivity contribution is -0.153. The van der Waals surface area contributed by atoms with Crippen LogP contribution in [0.1, 0.15) is 17.3 Å². The van der Waals surface area contributed by atoms with Crippen molar-refractivity contribution in [1.29, 1.82) is 0 Å². The average Bonchev–Trinajstić information content (AvgIpc) is 2.25. The summed E-state index contributed by atoms with van der Waals surface area (Å²) in [5, 5.41) is 0. The summed E-state index contributed by atoms with van der Waals surface area (Å²) in [6.07, 6.45) is -4.38. The largest absolute Gasteiger partial charge is 0.405 e. The third-order valence-electron chi connectivity index (χ3n) is 1.93. The Kier molecular flexibility index (Phi) is 3.89. The molecule has 3 nitrogen and oxygen atoms in total. The predicted octanol–water partition coefficient (Wildman–Crippen LogP) is 1.87. The Balaban J connectivity index is 2.48. The smallest absolute Gasteiger partial charge is 0.287 e. The van der Waals surface area contributed by atoms with Gasteiger partial charge in [-0.1, -0.05) is 18.2 Å². The molecule has 0 fully saturated rings. The first-order valence-electron chi connectivity index (χ1n) is 4.59. The van der Waals surface area contributed by atoms with E-state index < -0.39 is 18.1 Å². The van der Waals surface area contributed by atoms with E-state index in [-0.39, 0.29) is 0 Å². The van der Waals surface area contributed by atoms with Gasteiger partial charge in [-0.2, -0.15) is 13.2 Å². The number of benzene rings is 1. The van der Waals surface area contributed by atoms with Crippen molar-refractivity contribution >= 4 is 5.91 Å². The molecule has 1 amide bonds. The van der Waals surface area contributed by atoms with Crippen molar-refractivity contribution in [3.05, 3.63) is 35.9 Å². The lowest BCUT2D eigenvalue weighted by atomic mass is 10.2. The highest BCUT2D eigenvalue weighted by Crippen LogP contribution is 2.18. The van der Waals surface area contributed by atoms with Crippen LogP contribution in [0.4, 0.5) is 13.2 Å². The van der Waals surface area contributed by atoms with Crippen LogP contribution in [0, 0.1) is 0 Å². The van der Waals surface area contributed by atoms with Gasteiger partial charge < -0.3 is 0 Å². The van der Waals surface area contributed by atoms with Crippen molar-refractivity contribution in [1.82, 2.24) is 10.9 Å². The summed E-state index contributed by atoms with van der Waals surface area (Å²) in [7, 11) is 0. The molecule has 1 atom stereocenters. The minimum Gasteiger partial charge on any atom is -0.287 e. The highest BCUT2D eigenvalue weighted by atomic mass is 19.4. The first kappa shape index (κ1) is 12.5. The van der Waals surface area contributed by atoms with E-state index >= 15 is 0 Å². The Bertz CT molecular complexity index is 351. The van der Waals surface area contributed by atoms with Gasteiger partial charge in [0, 0.05) is 5.56 Å². The van der Waals surface area contributed by atoms with Crippen LogP contribution in [-0.2, 0) is 0 Å². The van der Waals surface area contributed by atoms with Gasteiger partial charge in [0.05, 0.1) is 0 Å². The van der Waals surface area contributed by atoms with Crippen molar-refractivity contribution in [2.45, 2.75) is 19.1 Å². The van der Waals surface area contributed by atoms with Crippen LogP contribution in [0.15, 0.2) is 30.3 Å². The highest BCUT2D eigenvalue weighted by molar-refractivity contribution is 5.93. The Hall–Kier alpha value is -1.56. The molecule has 0 aliphatic heterocycles. The Labute approximate surface area is 90.6 Å². The minimum absolute atomic E-state index is 0.296. The molecule has 0 aliphatic rings. The molecule has 1 unspecified atom stereocenters. The quantitative estimate of drug-likeness (QED) is 0.781. The van der Waals surface area contributed by atoms with E-state index in [0.29, 0.717) is 5.56 Å². The van der Waals surface area contributed by atoms with E-state index in [0.717, 1.165) is 6.92 Å². The third-order valence-corrected chi connectivity index (χ3v) is 1.93. The molecule has 1 aromatic carbocycles. The number of carbonyl (C=O) groups is 1. The number of hydrogen-bond donors (Lipinski definition) is 2. The van der Waals surface area contributed by atoms with Gasteiger partial charge in [-0.05, 0) is 19.1 Å². The Morgan fingerprint density at radius 3 is 2.31 bits per heavy atom. The van der Waals surface area contributed by atoms with Gasteiger partial charge in [0.25, 0.3) is 5.91 Å². The number of alkyl halides is 3. The third kappa shape index (κ3) is 3.54. The number of carbonyl (C=O) groups excluding carboxylic acids is 1. The van der Waals surface area contributed by atoms with Gasteiger partial charge in [-0.3, -0.25) is 10.2 Å². The van der Waals surface area contributed by atoms with Crippen molar-refractivity contribution in [3.8, 4) is 0 Å². The second-order valence-electron chi connectivity index (χ2n) is 3.23.